The van der Waals surface area contributed by atoms with E-state index in [0.717, 1.165) is 92.9 Å². The molecule has 3 aromatic carbocycles. The van der Waals surface area contributed by atoms with Gasteiger partial charge in [-0.3, -0.25) is 0 Å². The molecule has 3 aliphatic heterocycles. The second-order valence-corrected chi connectivity index (χ2v) is 31.6. The second kappa shape index (κ2) is 19.2. The summed E-state index contributed by atoms with van der Waals surface area (Å²) >= 11 is 0. The number of benzene rings is 3. The minimum atomic E-state index is -2.22. The number of hydrogen-bond acceptors (Lipinski definition) is 10. The highest BCUT2D eigenvalue weighted by Crippen LogP contribution is 2.86. The van der Waals surface area contributed by atoms with Gasteiger partial charge in [-0.05, 0) is 246 Å². The van der Waals surface area contributed by atoms with Crippen LogP contribution in [0.4, 0.5) is 0 Å². The highest BCUT2D eigenvalue weighted by molar-refractivity contribution is 5.86. The van der Waals surface area contributed by atoms with Crippen molar-refractivity contribution in [1.29, 1.82) is 0 Å². The van der Waals surface area contributed by atoms with Crippen molar-refractivity contribution in [1.82, 2.24) is 5.32 Å². The standard InChI is InChI=1S/C75H91NO9/c1-42-48-18-17-45(30-48)29-43-10-8-11-44(28-43)31-62-54-22-26-69-25-21-50(46-12-4-3-5-13-46)32-53(69)35-59(54)72(69)40-71(41-78)63-23-27-70-24-7-6-14-47-15-9-16-51(39-77)55(47)36-61(76-2)56-33-52(65(70)57-37-64(79)85-66(56)57)38-73(70,81)75(63,83)67(80)60-34-49(42)19-20-58(68(72)84-62)74(60,71)82/h3-5,8-13,15-16,28,37,41-42,45,48-50,52-54,56,58-63,65-68,76-77,80-83H,7,17-27,29-36,38-40H2,1-2H3/t42-,45-,48-,49+,50-,52-,53-,54+,56-,58-,59-,60+,61-,62-,63+,65+,66+,67+,68+,69-,70+,71-,72-,73+,74+,75+/m0/s1. The lowest BCUT2D eigenvalue weighted by molar-refractivity contribution is -0.405. The molecule has 18 rings (SSSR count). The summed E-state index contributed by atoms with van der Waals surface area (Å²) in [6.45, 7) is 2.32. The third-order valence-electron chi connectivity index (χ3n) is 29.7. The van der Waals surface area contributed by atoms with Crippen LogP contribution in [0.25, 0.3) is 0 Å². The molecule has 10 saturated carbocycles. The van der Waals surface area contributed by atoms with E-state index in [2.05, 4.69) is 78.7 Å². The molecule has 0 radical (unpaired) electrons. The minimum absolute atomic E-state index is 0.0545. The first kappa shape index (κ1) is 54.9. The monoisotopic (exact) mass is 1150 g/mol. The molecule has 0 unspecified atom stereocenters. The molecule has 450 valence electrons. The van der Waals surface area contributed by atoms with E-state index in [1.54, 1.807) is 6.08 Å². The molecule has 0 aromatic heterocycles. The predicted molar refractivity (Wildman–Crippen MR) is 321 cm³/mol. The van der Waals surface area contributed by atoms with Gasteiger partial charge >= 0.3 is 5.97 Å². The molecular weight excluding hydrogens is 1060 g/mol. The topological polar surface area (TPSA) is 166 Å². The quantitative estimate of drug-likeness (QED) is 0.0842. The smallest absolute Gasteiger partial charge is 0.331 e. The molecule has 16 bridgehead atoms. The zero-order chi connectivity index (χ0) is 57.8. The largest absolute Gasteiger partial charge is 0.454 e. The Hall–Kier alpha value is -4.18. The highest BCUT2D eigenvalue weighted by atomic mass is 16.5. The van der Waals surface area contributed by atoms with Crippen LogP contribution in [0.5, 0.6) is 0 Å². The maximum Gasteiger partial charge on any atom is 0.331 e. The van der Waals surface area contributed by atoms with E-state index in [9.17, 15) is 15.0 Å². The van der Waals surface area contributed by atoms with Crippen LogP contribution in [0.2, 0.25) is 0 Å². The van der Waals surface area contributed by atoms with Gasteiger partial charge in [-0.15, -0.1) is 0 Å². The summed E-state index contributed by atoms with van der Waals surface area (Å²) in [6, 6.07) is 26.3. The number of esters is 1. The lowest BCUT2D eigenvalue weighted by Gasteiger charge is -2.78. The number of fused-ring (bicyclic) bond motifs is 14. The summed E-state index contributed by atoms with van der Waals surface area (Å²) in [7, 11) is 1.95. The average molecular weight is 1150 g/mol. The normalized spacial score (nSPS) is 50.9. The molecule has 0 amide bonds. The second-order valence-electron chi connectivity index (χ2n) is 31.6. The van der Waals surface area contributed by atoms with E-state index in [1.807, 2.05) is 25.2 Å². The van der Waals surface area contributed by atoms with E-state index in [1.165, 1.54) is 29.4 Å². The van der Waals surface area contributed by atoms with Gasteiger partial charge in [0.1, 0.15) is 23.6 Å². The fourth-order valence-electron chi connectivity index (χ4n) is 26.7. The van der Waals surface area contributed by atoms with Crippen molar-refractivity contribution in [3.63, 3.8) is 0 Å². The molecule has 3 heterocycles. The Labute approximate surface area is 503 Å². The number of aliphatic hydroxyl groups is 5. The van der Waals surface area contributed by atoms with Crippen LogP contribution in [-0.4, -0.2) is 92.1 Å². The Morgan fingerprint density at radius 2 is 1.54 bits per heavy atom. The molecule has 26 atom stereocenters. The molecule has 3 aromatic rings. The SMILES string of the molecule is CN[C@H]1Cc2c(cccc2CO)C#CCC[C@]23CC[C@H]4[C@@](O)([C@H](O)[C@H]5C[C@H]6CC[C@H]7[C@H]8O[C@@H](Cc9cccc(c9)C[C@@H]9CC[C@@H](C9)[C@@H]6C)[C@@H]6CC[C@@]9%10CC[C@H](c%11ccccc%11)C[C@H]9C[C@@H]6[C@@]8%10C[C@@]4(C=O)[C@]57O)[C@@]2(O)C[C@@H]2C[C@@H]1[C@H]1OC(=O)C=C1[C@@H]23. The van der Waals surface area contributed by atoms with E-state index < -0.39 is 63.0 Å². The number of carbonyl (C=O) groups is 2. The summed E-state index contributed by atoms with van der Waals surface area (Å²) in [5.41, 5.74) is -1.41. The van der Waals surface area contributed by atoms with Gasteiger partial charge in [-0.25, -0.2) is 4.79 Å². The van der Waals surface area contributed by atoms with Crippen molar-refractivity contribution in [2.24, 2.45) is 98.6 Å². The predicted octanol–water partition coefficient (Wildman–Crippen LogP) is 10.2. The van der Waals surface area contributed by atoms with E-state index in [0.29, 0.717) is 81.5 Å². The number of likely N-dealkylation sites (N-methyl/N-ethyl adjacent to an activating group) is 1. The van der Waals surface area contributed by atoms with Crippen LogP contribution in [0, 0.1) is 110 Å². The van der Waals surface area contributed by atoms with Crippen LogP contribution in [0.15, 0.2) is 84.4 Å². The first-order valence-electron chi connectivity index (χ1n) is 34.1. The number of rotatable bonds is 4. The van der Waals surface area contributed by atoms with Crippen LogP contribution in [0.3, 0.4) is 0 Å². The molecular formula is C75H91NO9. The highest BCUT2D eigenvalue weighted by Gasteiger charge is 2.90. The Kier molecular flexibility index (Phi) is 12.4. The van der Waals surface area contributed by atoms with Crippen molar-refractivity contribution < 1.29 is 44.6 Å². The molecule has 10 nitrogen and oxygen atoms in total. The molecule has 11 fully saturated rings. The van der Waals surface area contributed by atoms with Crippen molar-refractivity contribution in [2.75, 3.05) is 7.05 Å². The van der Waals surface area contributed by atoms with Crippen molar-refractivity contribution in [2.45, 2.75) is 208 Å². The van der Waals surface area contributed by atoms with Gasteiger partial charge in [0.2, 0.25) is 0 Å². The Bertz CT molecular complexity index is 3310. The number of nitrogens with one attached hydrogen (secondary N) is 1. The van der Waals surface area contributed by atoms with Crippen LogP contribution < -0.4 is 5.32 Å². The van der Waals surface area contributed by atoms with Gasteiger partial charge in [0.05, 0.1) is 35.9 Å². The van der Waals surface area contributed by atoms with Gasteiger partial charge in [-0.1, -0.05) is 85.5 Å². The summed E-state index contributed by atoms with van der Waals surface area (Å²) in [5.74, 6) is 6.39. The molecule has 1 saturated heterocycles. The maximum absolute atomic E-state index is 16.1. The summed E-state index contributed by atoms with van der Waals surface area (Å²) in [6.07, 6.45) is 17.4. The molecule has 10 heteroatoms. The number of aldehydes is 1. The fourth-order valence-corrected chi connectivity index (χ4v) is 26.7. The van der Waals surface area contributed by atoms with Gasteiger partial charge in [0.25, 0.3) is 0 Å². The zero-order valence-electron chi connectivity index (χ0n) is 50.2. The van der Waals surface area contributed by atoms with E-state index in [4.69, 9.17) is 9.47 Å². The average Bonchev–Trinajstić information content (AvgIpc) is 1.63. The fraction of sp³-hybridized carbons (Fsp3) is 0.680. The minimum Gasteiger partial charge on any atom is -0.454 e. The molecule has 12 aliphatic carbocycles. The number of hydrogen-bond donors (Lipinski definition) is 6. The number of ether oxygens (including phenoxy) is 2. The molecule has 3 spiro atoms. The Balaban J connectivity index is 0.866. The van der Waals surface area contributed by atoms with Gasteiger partial charge in [0.15, 0.2) is 0 Å². The van der Waals surface area contributed by atoms with Gasteiger partial charge in [0, 0.05) is 58.6 Å². The molecule has 6 N–H and O–H groups in total. The summed E-state index contributed by atoms with van der Waals surface area (Å²) in [5, 5.41) is 74.7. The van der Waals surface area contributed by atoms with Crippen LogP contribution in [-0.2, 0) is 44.9 Å². The zero-order valence-corrected chi connectivity index (χ0v) is 50.2. The first-order chi connectivity index (χ1) is 41.2. The Morgan fingerprint density at radius 1 is 0.753 bits per heavy atom. The van der Waals surface area contributed by atoms with Crippen molar-refractivity contribution in [3.05, 3.63) is 118 Å². The molecule has 15 aliphatic rings. The summed E-state index contributed by atoms with van der Waals surface area (Å²) in [4.78, 5) is 30.1. The summed E-state index contributed by atoms with van der Waals surface area (Å²) < 4.78 is 14.7. The van der Waals surface area contributed by atoms with Crippen LogP contribution >= 0.6 is 0 Å². The maximum atomic E-state index is 16.1. The van der Waals surface area contributed by atoms with Gasteiger partial charge < -0.3 is 45.1 Å². The third kappa shape index (κ3) is 6.95. The lowest BCUT2D eigenvalue weighted by Crippen LogP contribution is -2.87. The third-order valence-corrected chi connectivity index (χ3v) is 29.7. The lowest BCUT2D eigenvalue weighted by atomic mass is 9.29. The van der Waals surface area contributed by atoms with Crippen molar-refractivity contribution in [3.8, 4) is 11.8 Å². The number of carbonyl (C=O) groups excluding carboxylic acids is 2. The Morgan fingerprint density at radius 3 is 2.36 bits per heavy atom. The number of aliphatic hydroxyl groups excluding tert-OH is 2. The van der Waals surface area contributed by atoms with Crippen LogP contribution in [0.1, 0.15) is 168 Å². The van der Waals surface area contributed by atoms with E-state index >= 15 is 20.1 Å². The van der Waals surface area contributed by atoms with E-state index in [-0.39, 0.29) is 84.1 Å². The van der Waals surface area contributed by atoms with Gasteiger partial charge in [-0.2, -0.15) is 0 Å². The molecule has 85 heavy (non-hydrogen) atoms. The van der Waals surface area contributed by atoms with Crippen molar-refractivity contribution >= 4 is 12.3 Å². The first-order valence-corrected chi connectivity index (χ1v) is 34.1.